The lowest BCUT2D eigenvalue weighted by Crippen LogP contribution is -2.14. The Hall–Kier alpha value is -5.88. The van der Waals surface area contributed by atoms with Gasteiger partial charge in [0, 0.05) is 27.8 Å². The third-order valence-corrected chi connectivity index (χ3v) is 6.82. The van der Waals surface area contributed by atoms with E-state index in [1.807, 2.05) is 146 Å². The Morgan fingerprint density at radius 3 is 1.60 bits per heavy atom. The second-order valence-corrected chi connectivity index (χ2v) is 9.64. The van der Waals surface area contributed by atoms with Gasteiger partial charge in [0.15, 0.2) is 5.82 Å². The van der Waals surface area contributed by atoms with Gasteiger partial charge in [0.25, 0.3) is 0 Å². The summed E-state index contributed by atoms with van der Waals surface area (Å²) >= 11 is 0. The molecule has 0 radical (unpaired) electrons. The number of rotatable bonds is 7. The topological polar surface area (TPSA) is 103 Å². The van der Waals surface area contributed by atoms with Crippen LogP contribution in [0.5, 0.6) is 0 Å². The third-order valence-electron chi connectivity index (χ3n) is 6.82. The van der Waals surface area contributed by atoms with Gasteiger partial charge in [-0.25, -0.2) is 9.98 Å². The van der Waals surface area contributed by atoms with Crippen LogP contribution in [0.2, 0.25) is 0 Å². The van der Waals surface area contributed by atoms with Crippen LogP contribution in [-0.2, 0) is 0 Å². The van der Waals surface area contributed by atoms with Crippen molar-refractivity contribution in [3.8, 4) is 33.9 Å². The van der Waals surface area contributed by atoms with E-state index in [0.29, 0.717) is 23.1 Å². The van der Waals surface area contributed by atoms with E-state index in [1.54, 1.807) is 0 Å². The van der Waals surface area contributed by atoms with Gasteiger partial charge in [-0.05, 0) is 11.6 Å². The van der Waals surface area contributed by atoms with E-state index in [0.717, 1.165) is 44.8 Å². The van der Waals surface area contributed by atoms with Crippen molar-refractivity contribution in [3.05, 3.63) is 162 Å². The minimum Gasteiger partial charge on any atom is -0.396 e. The molecule has 1 aromatic heterocycles. The van der Waals surface area contributed by atoms with Crippen LogP contribution in [0, 0.1) is 0 Å². The molecule has 1 heterocycles. The lowest BCUT2D eigenvalue weighted by molar-refractivity contribution is 0.991. The molecule has 6 nitrogen and oxygen atoms in total. The maximum Gasteiger partial charge on any atom is 0.182 e. The van der Waals surface area contributed by atoms with Gasteiger partial charge in [-0.1, -0.05) is 140 Å². The van der Waals surface area contributed by atoms with Gasteiger partial charge in [-0.2, -0.15) is 0 Å². The molecule has 0 atom stereocenters. The van der Waals surface area contributed by atoms with Crippen LogP contribution in [-0.4, -0.2) is 21.0 Å². The van der Waals surface area contributed by atoms with E-state index in [9.17, 15) is 0 Å². The summed E-state index contributed by atoms with van der Waals surface area (Å²) in [6.07, 6.45) is 0. The number of amidine groups is 1. The van der Waals surface area contributed by atoms with Crippen molar-refractivity contribution in [2.45, 2.75) is 0 Å². The molecule has 0 spiro atoms. The Balaban J connectivity index is 1.42. The number of aromatic nitrogens is 3. The molecule has 0 amide bonds. The molecule has 202 valence electrons. The summed E-state index contributed by atoms with van der Waals surface area (Å²) in [4.78, 5) is 9.82. The van der Waals surface area contributed by atoms with Crippen LogP contribution in [0.25, 0.3) is 45.3 Å². The largest absolute Gasteiger partial charge is 0.396 e. The van der Waals surface area contributed by atoms with Crippen LogP contribution in [0.4, 0.5) is 0 Å². The molecule has 0 aliphatic carbocycles. The van der Waals surface area contributed by atoms with Crippen molar-refractivity contribution in [3.63, 3.8) is 0 Å². The first kappa shape index (κ1) is 26.3. The zero-order chi connectivity index (χ0) is 28.7. The van der Waals surface area contributed by atoms with E-state index in [-0.39, 0.29) is 0 Å². The average Bonchev–Trinajstić information content (AvgIpc) is 3.08. The SMILES string of the molecule is NC(=N/C(=C(\N)c1ccccc1)c1ccccc1)c1cccc(-c2nnc(-c3ccccc3)c(-c3ccccc3)n2)c1. The summed E-state index contributed by atoms with van der Waals surface area (Å²) in [6.45, 7) is 0. The molecule has 0 aliphatic heterocycles. The maximum absolute atomic E-state index is 6.64. The van der Waals surface area contributed by atoms with E-state index < -0.39 is 0 Å². The zero-order valence-corrected chi connectivity index (χ0v) is 22.8. The van der Waals surface area contributed by atoms with Gasteiger partial charge in [0.05, 0.1) is 11.4 Å². The number of benzene rings is 5. The molecule has 0 bridgehead atoms. The standard InChI is InChI=1S/C36H28N6/c37-31(25-14-5-1-6-15-25)32(26-16-7-2-8-17-26)39-35(38)29-22-13-23-30(24-29)36-40-33(27-18-9-3-10-19-27)34(41-42-36)28-20-11-4-12-21-28/h1-24H,37H2,(H2,38,39)/b32-31-. The smallest absolute Gasteiger partial charge is 0.182 e. The molecule has 6 aromatic rings. The predicted molar refractivity (Wildman–Crippen MR) is 171 cm³/mol. The zero-order valence-electron chi connectivity index (χ0n) is 22.8. The Morgan fingerprint density at radius 1 is 0.476 bits per heavy atom. The summed E-state index contributed by atoms with van der Waals surface area (Å²) in [5.74, 6) is 0.817. The van der Waals surface area contributed by atoms with Gasteiger partial charge in [0.1, 0.15) is 17.2 Å². The van der Waals surface area contributed by atoms with E-state index in [2.05, 4.69) is 10.2 Å². The van der Waals surface area contributed by atoms with Crippen molar-refractivity contribution in [1.29, 1.82) is 0 Å². The fraction of sp³-hybridized carbons (Fsp3) is 0. The van der Waals surface area contributed by atoms with Gasteiger partial charge in [-0.15, -0.1) is 10.2 Å². The highest BCUT2D eigenvalue weighted by molar-refractivity contribution is 6.04. The fourth-order valence-corrected chi connectivity index (χ4v) is 4.67. The van der Waals surface area contributed by atoms with Crippen LogP contribution in [0.15, 0.2) is 151 Å². The minimum atomic E-state index is 0.326. The van der Waals surface area contributed by atoms with E-state index in [1.165, 1.54) is 0 Å². The number of hydrogen-bond donors (Lipinski definition) is 2. The molecule has 0 unspecified atom stereocenters. The van der Waals surface area contributed by atoms with Crippen LogP contribution in [0.1, 0.15) is 16.7 Å². The highest BCUT2D eigenvalue weighted by Crippen LogP contribution is 2.30. The lowest BCUT2D eigenvalue weighted by Gasteiger charge is -2.12. The van der Waals surface area contributed by atoms with Crippen LogP contribution < -0.4 is 11.5 Å². The summed E-state index contributed by atoms with van der Waals surface area (Å²) < 4.78 is 0. The molecule has 0 saturated carbocycles. The number of nitrogens with zero attached hydrogens (tertiary/aromatic N) is 4. The number of aliphatic imine (C=N–C) groups is 1. The van der Waals surface area contributed by atoms with Crippen molar-refractivity contribution in [2.75, 3.05) is 0 Å². The van der Waals surface area contributed by atoms with Crippen LogP contribution in [0.3, 0.4) is 0 Å². The van der Waals surface area contributed by atoms with Gasteiger partial charge in [-0.3, -0.25) is 0 Å². The van der Waals surface area contributed by atoms with E-state index >= 15 is 0 Å². The Bertz CT molecular complexity index is 1870. The normalized spacial score (nSPS) is 12.0. The predicted octanol–water partition coefficient (Wildman–Crippen LogP) is 7.06. The summed E-state index contributed by atoms with van der Waals surface area (Å²) in [5, 5.41) is 9.14. The molecule has 0 fully saturated rings. The highest BCUT2D eigenvalue weighted by Gasteiger charge is 2.16. The summed E-state index contributed by atoms with van der Waals surface area (Å²) in [7, 11) is 0. The van der Waals surface area contributed by atoms with E-state index in [4.69, 9.17) is 21.4 Å². The Morgan fingerprint density at radius 2 is 0.976 bits per heavy atom. The number of nitrogens with two attached hydrogens (primary N) is 2. The van der Waals surface area contributed by atoms with Gasteiger partial charge in [0.2, 0.25) is 0 Å². The van der Waals surface area contributed by atoms with Gasteiger partial charge < -0.3 is 11.5 Å². The third kappa shape index (κ3) is 5.69. The van der Waals surface area contributed by atoms with Crippen LogP contribution >= 0.6 is 0 Å². The summed E-state index contributed by atoms with van der Waals surface area (Å²) in [6, 6.07) is 47.2. The second-order valence-electron chi connectivity index (χ2n) is 9.64. The monoisotopic (exact) mass is 544 g/mol. The molecule has 6 rings (SSSR count). The maximum atomic E-state index is 6.64. The molecule has 42 heavy (non-hydrogen) atoms. The Labute approximate surface area is 244 Å². The fourth-order valence-electron chi connectivity index (χ4n) is 4.67. The quantitative estimate of drug-likeness (QED) is 0.127. The number of hydrogen-bond acceptors (Lipinski definition) is 5. The van der Waals surface area contributed by atoms with Crippen molar-refractivity contribution in [1.82, 2.24) is 15.2 Å². The molecular formula is C36H28N6. The average molecular weight is 545 g/mol. The second kappa shape index (κ2) is 12.1. The minimum absolute atomic E-state index is 0.326. The molecule has 6 heteroatoms. The molecular weight excluding hydrogens is 516 g/mol. The molecule has 0 aliphatic rings. The first-order valence-electron chi connectivity index (χ1n) is 13.6. The highest BCUT2D eigenvalue weighted by atomic mass is 15.2. The first-order chi connectivity index (χ1) is 20.7. The van der Waals surface area contributed by atoms with Crippen molar-refractivity contribution < 1.29 is 0 Å². The first-order valence-corrected chi connectivity index (χ1v) is 13.6. The molecule has 4 N–H and O–H groups in total. The van der Waals surface area contributed by atoms with Crippen molar-refractivity contribution >= 4 is 17.2 Å². The Kier molecular flexibility index (Phi) is 7.59. The van der Waals surface area contributed by atoms with Crippen molar-refractivity contribution in [2.24, 2.45) is 16.5 Å². The molecule has 0 saturated heterocycles. The molecule has 5 aromatic carbocycles. The lowest BCUT2D eigenvalue weighted by atomic mass is 10.0. The van der Waals surface area contributed by atoms with Gasteiger partial charge >= 0.3 is 0 Å². The summed E-state index contributed by atoms with van der Waals surface area (Å²) in [5.41, 5.74) is 21.0.